The van der Waals surface area contributed by atoms with Gasteiger partial charge >= 0.3 is 0 Å². The summed E-state index contributed by atoms with van der Waals surface area (Å²) in [5.74, 6) is 2.79. The number of anilines is 1. The lowest BCUT2D eigenvalue weighted by molar-refractivity contribution is -0.138. The largest absolute Gasteiger partial charge is 0.481 e. The molecule has 0 radical (unpaired) electrons. The molecule has 2 aromatic rings. The van der Waals surface area contributed by atoms with Crippen molar-refractivity contribution in [2.24, 2.45) is 0 Å². The molecule has 0 N–H and O–H groups in total. The fourth-order valence-corrected chi connectivity index (χ4v) is 3.35. The van der Waals surface area contributed by atoms with Gasteiger partial charge in [0.15, 0.2) is 23.4 Å². The summed E-state index contributed by atoms with van der Waals surface area (Å²) < 4.78 is 24.7. The smallest absolute Gasteiger partial charge is 0.263 e. The topological polar surface area (TPSA) is 77.0 Å². The maximum Gasteiger partial charge on any atom is 0.263 e. The molecule has 132 valence electrons. The van der Waals surface area contributed by atoms with E-state index in [1.807, 2.05) is 4.90 Å². The SMILES string of the molecule is C[C@H](Oc1ccc2c(c1)OCO2)C(=O)N1CCN(c2cnsn2)CC1. The molecule has 1 saturated heterocycles. The van der Waals surface area contributed by atoms with Crippen molar-refractivity contribution >= 4 is 23.5 Å². The number of ether oxygens (including phenoxy) is 3. The van der Waals surface area contributed by atoms with Crippen molar-refractivity contribution in [2.75, 3.05) is 37.9 Å². The maximum atomic E-state index is 12.6. The Morgan fingerprint density at radius 1 is 1.24 bits per heavy atom. The molecule has 1 atom stereocenters. The van der Waals surface area contributed by atoms with Crippen LogP contribution in [0.4, 0.5) is 5.82 Å². The van der Waals surface area contributed by atoms with Crippen molar-refractivity contribution in [1.29, 1.82) is 0 Å². The van der Waals surface area contributed by atoms with E-state index in [2.05, 4.69) is 13.6 Å². The third kappa shape index (κ3) is 3.32. The lowest BCUT2D eigenvalue weighted by Gasteiger charge is -2.35. The van der Waals surface area contributed by atoms with Crippen molar-refractivity contribution in [3.63, 3.8) is 0 Å². The minimum Gasteiger partial charge on any atom is -0.481 e. The van der Waals surface area contributed by atoms with Gasteiger partial charge in [0.2, 0.25) is 6.79 Å². The van der Waals surface area contributed by atoms with E-state index >= 15 is 0 Å². The highest BCUT2D eigenvalue weighted by Crippen LogP contribution is 2.35. The number of carbonyl (C=O) groups excluding carboxylic acids is 1. The van der Waals surface area contributed by atoms with E-state index in [9.17, 15) is 4.79 Å². The predicted octanol–water partition coefficient (Wildman–Crippen LogP) is 1.38. The maximum absolute atomic E-state index is 12.6. The average molecular weight is 362 g/mol. The molecule has 2 aliphatic heterocycles. The van der Waals surface area contributed by atoms with Gasteiger partial charge < -0.3 is 24.0 Å². The molecular weight excluding hydrogens is 344 g/mol. The Morgan fingerprint density at radius 2 is 2.04 bits per heavy atom. The second-order valence-electron chi connectivity index (χ2n) is 5.85. The van der Waals surface area contributed by atoms with Crippen molar-refractivity contribution in [1.82, 2.24) is 13.6 Å². The number of piperazine rings is 1. The van der Waals surface area contributed by atoms with Crippen LogP contribution >= 0.6 is 11.7 Å². The van der Waals surface area contributed by atoms with E-state index in [0.29, 0.717) is 30.3 Å². The van der Waals surface area contributed by atoms with Gasteiger partial charge in [-0.3, -0.25) is 4.79 Å². The summed E-state index contributed by atoms with van der Waals surface area (Å²) in [4.78, 5) is 16.6. The fourth-order valence-electron chi connectivity index (χ4n) is 2.92. The molecule has 25 heavy (non-hydrogen) atoms. The van der Waals surface area contributed by atoms with Crippen LogP contribution in [0, 0.1) is 0 Å². The summed E-state index contributed by atoms with van der Waals surface area (Å²) >= 11 is 1.19. The van der Waals surface area contributed by atoms with Gasteiger partial charge in [-0.25, -0.2) is 0 Å². The normalized spacial score (nSPS) is 17.5. The second kappa shape index (κ2) is 6.75. The van der Waals surface area contributed by atoms with Crippen LogP contribution in [-0.2, 0) is 4.79 Å². The minimum atomic E-state index is -0.562. The van der Waals surface area contributed by atoms with Crippen LogP contribution in [0.15, 0.2) is 24.4 Å². The molecule has 0 spiro atoms. The first-order valence-electron chi connectivity index (χ1n) is 8.08. The standard InChI is InChI=1S/C16H18N4O4S/c1-11(24-12-2-3-13-14(8-12)23-10-22-13)16(21)20-6-4-19(5-7-20)15-9-17-25-18-15/h2-3,8-9,11H,4-7,10H2,1H3/t11-/m0/s1. The molecule has 1 fully saturated rings. The predicted molar refractivity (Wildman–Crippen MR) is 91.4 cm³/mol. The van der Waals surface area contributed by atoms with E-state index in [-0.39, 0.29) is 12.7 Å². The van der Waals surface area contributed by atoms with E-state index in [0.717, 1.165) is 18.9 Å². The molecule has 3 heterocycles. The summed E-state index contributed by atoms with van der Waals surface area (Å²) in [5.41, 5.74) is 0. The number of rotatable bonds is 4. The van der Waals surface area contributed by atoms with Crippen LogP contribution in [0.1, 0.15) is 6.92 Å². The highest BCUT2D eigenvalue weighted by molar-refractivity contribution is 6.99. The Kier molecular flexibility index (Phi) is 4.31. The summed E-state index contributed by atoms with van der Waals surface area (Å²) in [6, 6.07) is 5.32. The molecule has 1 aromatic heterocycles. The number of amides is 1. The van der Waals surface area contributed by atoms with Gasteiger partial charge in [0.1, 0.15) is 5.75 Å². The summed E-state index contributed by atoms with van der Waals surface area (Å²) in [6.07, 6.45) is 1.20. The third-order valence-corrected chi connectivity index (χ3v) is 4.74. The van der Waals surface area contributed by atoms with E-state index < -0.39 is 6.10 Å². The zero-order valence-corrected chi connectivity index (χ0v) is 14.6. The molecule has 1 aromatic carbocycles. The second-order valence-corrected chi connectivity index (χ2v) is 6.41. The fraction of sp³-hybridized carbons (Fsp3) is 0.438. The van der Waals surface area contributed by atoms with Gasteiger partial charge in [0.05, 0.1) is 17.9 Å². The van der Waals surface area contributed by atoms with Gasteiger partial charge in [-0.15, -0.1) is 0 Å². The molecule has 0 saturated carbocycles. The van der Waals surface area contributed by atoms with Crippen LogP contribution < -0.4 is 19.1 Å². The molecule has 0 aliphatic carbocycles. The molecule has 2 aliphatic rings. The zero-order valence-electron chi connectivity index (χ0n) is 13.8. The van der Waals surface area contributed by atoms with Crippen molar-refractivity contribution in [3.8, 4) is 17.2 Å². The quantitative estimate of drug-likeness (QED) is 0.813. The molecule has 4 rings (SSSR count). The monoisotopic (exact) mass is 362 g/mol. The number of benzene rings is 1. The first-order valence-corrected chi connectivity index (χ1v) is 8.81. The number of aromatic nitrogens is 2. The lowest BCUT2D eigenvalue weighted by Crippen LogP contribution is -2.52. The van der Waals surface area contributed by atoms with Crippen LogP contribution in [0.25, 0.3) is 0 Å². The first kappa shape index (κ1) is 15.9. The number of hydrogen-bond acceptors (Lipinski definition) is 8. The Bertz CT molecular complexity index is 747. The third-order valence-electron chi connectivity index (χ3n) is 4.27. The first-order chi connectivity index (χ1) is 12.2. The van der Waals surface area contributed by atoms with Crippen LogP contribution in [0.2, 0.25) is 0 Å². The highest BCUT2D eigenvalue weighted by atomic mass is 32.1. The Morgan fingerprint density at radius 3 is 2.80 bits per heavy atom. The average Bonchev–Trinajstić information content (AvgIpc) is 3.32. The van der Waals surface area contributed by atoms with Gasteiger partial charge in [-0.05, 0) is 19.1 Å². The van der Waals surface area contributed by atoms with E-state index in [1.165, 1.54) is 11.7 Å². The zero-order chi connectivity index (χ0) is 17.2. The van der Waals surface area contributed by atoms with Crippen molar-refractivity contribution in [2.45, 2.75) is 13.0 Å². The van der Waals surface area contributed by atoms with Crippen LogP contribution in [0.3, 0.4) is 0 Å². The molecule has 8 nitrogen and oxygen atoms in total. The molecule has 9 heteroatoms. The van der Waals surface area contributed by atoms with Crippen molar-refractivity contribution in [3.05, 3.63) is 24.4 Å². The molecular formula is C16H18N4O4S. The molecule has 0 unspecified atom stereocenters. The Balaban J connectivity index is 1.33. The summed E-state index contributed by atoms with van der Waals surface area (Å²) in [5, 5.41) is 0. The van der Waals surface area contributed by atoms with Crippen LogP contribution in [0.5, 0.6) is 17.2 Å². The van der Waals surface area contributed by atoms with Crippen molar-refractivity contribution < 1.29 is 19.0 Å². The molecule has 1 amide bonds. The number of nitrogens with zero attached hydrogens (tertiary/aromatic N) is 4. The minimum absolute atomic E-state index is 0.0197. The summed E-state index contributed by atoms with van der Waals surface area (Å²) in [7, 11) is 0. The number of fused-ring (bicyclic) bond motifs is 1. The lowest BCUT2D eigenvalue weighted by atomic mass is 10.2. The summed E-state index contributed by atoms with van der Waals surface area (Å²) in [6.45, 7) is 4.76. The van der Waals surface area contributed by atoms with E-state index in [1.54, 1.807) is 31.3 Å². The van der Waals surface area contributed by atoms with Gasteiger partial charge in [-0.1, -0.05) is 0 Å². The molecule has 0 bridgehead atoms. The number of hydrogen-bond donors (Lipinski definition) is 0. The van der Waals surface area contributed by atoms with E-state index in [4.69, 9.17) is 14.2 Å². The number of carbonyl (C=O) groups is 1. The Labute approximate surface area is 149 Å². The van der Waals surface area contributed by atoms with Crippen LogP contribution in [-0.4, -0.2) is 58.6 Å². The Hall–Kier alpha value is -2.55. The van der Waals surface area contributed by atoms with Gasteiger partial charge in [0.25, 0.3) is 5.91 Å². The van der Waals surface area contributed by atoms with Gasteiger partial charge in [0, 0.05) is 32.2 Å². The highest BCUT2D eigenvalue weighted by Gasteiger charge is 2.27. The van der Waals surface area contributed by atoms with Gasteiger partial charge in [-0.2, -0.15) is 8.75 Å².